The van der Waals surface area contributed by atoms with Crippen LogP contribution >= 0.6 is 0 Å². The summed E-state index contributed by atoms with van der Waals surface area (Å²) in [5.74, 6) is -7.78. The lowest BCUT2D eigenvalue weighted by Gasteiger charge is -2.42. The maximum atomic E-state index is 12.4. The number of aliphatic hydroxyl groups excluding tert-OH is 4. The van der Waals surface area contributed by atoms with Crippen molar-refractivity contribution in [1.29, 1.82) is 0 Å². The number of nitrogens with two attached hydrogens (primary N) is 1. The second kappa shape index (κ2) is 10.0. The highest BCUT2D eigenvalue weighted by Crippen LogP contribution is 2.27. The zero-order valence-corrected chi connectivity index (χ0v) is 16.8. The van der Waals surface area contributed by atoms with Gasteiger partial charge in [0.1, 0.15) is 24.9 Å². The number of carboxylic acid groups (broad SMARTS) is 3. The molecule has 1 heterocycles. The minimum Gasteiger partial charge on any atom is -0.481 e. The van der Waals surface area contributed by atoms with Gasteiger partial charge in [0.2, 0.25) is 11.5 Å². The molecule has 0 radical (unpaired) electrons. The number of hydrogen-bond acceptors (Lipinski definition) is 10. The van der Waals surface area contributed by atoms with Gasteiger partial charge in [0.05, 0.1) is 19.1 Å². The van der Waals surface area contributed by atoms with Crippen LogP contribution in [0.2, 0.25) is 0 Å². The number of guanidine groups is 1. The van der Waals surface area contributed by atoms with E-state index in [0.29, 0.717) is 6.92 Å². The molecule has 0 aliphatic carbocycles. The molecule has 1 amide bonds. The summed E-state index contributed by atoms with van der Waals surface area (Å²) in [4.78, 5) is 50.9. The van der Waals surface area contributed by atoms with E-state index < -0.39 is 91.4 Å². The molecule has 6 atom stereocenters. The van der Waals surface area contributed by atoms with Crippen molar-refractivity contribution in [3.05, 3.63) is 0 Å². The first kappa shape index (κ1) is 27.0. The summed E-state index contributed by atoms with van der Waals surface area (Å²) >= 11 is 0. The van der Waals surface area contributed by atoms with Crippen molar-refractivity contribution in [3.8, 4) is 0 Å². The van der Waals surface area contributed by atoms with Crippen LogP contribution in [0.5, 0.6) is 0 Å². The molecular weight excluding hydrogens is 440 g/mol. The molecule has 11 N–H and O–H groups in total. The minimum atomic E-state index is -3.38. The maximum Gasteiger partial charge on any atom is 0.339 e. The first-order valence-corrected chi connectivity index (χ1v) is 9.06. The Morgan fingerprint density at radius 2 is 1.66 bits per heavy atom. The highest BCUT2D eigenvalue weighted by molar-refractivity contribution is 5.98. The van der Waals surface area contributed by atoms with Gasteiger partial charge in [-0.15, -0.1) is 0 Å². The molecule has 0 aromatic heterocycles. The first-order valence-electron chi connectivity index (χ1n) is 9.06. The van der Waals surface area contributed by atoms with Gasteiger partial charge >= 0.3 is 17.9 Å². The van der Waals surface area contributed by atoms with Crippen molar-refractivity contribution in [3.63, 3.8) is 0 Å². The quantitative estimate of drug-likeness (QED) is 0.112. The third-order valence-corrected chi connectivity index (χ3v) is 5.21. The Bertz CT molecular complexity index is 791. The van der Waals surface area contributed by atoms with Crippen molar-refractivity contribution < 1.29 is 60.0 Å². The van der Waals surface area contributed by atoms with Crippen molar-refractivity contribution in [2.24, 2.45) is 10.7 Å². The highest BCUT2D eigenvalue weighted by Gasteiger charge is 2.60. The number of rotatable bonds is 9. The van der Waals surface area contributed by atoms with Crippen LogP contribution in [-0.2, 0) is 19.2 Å². The number of carbonyl (C=O) groups is 4. The molecule has 1 fully saturated rings. The van der Waals surface area contributed by atoms with Crippen LogP contribution in [0.15, 0.2) is 4.99 Å². The number of amides is 1. The van der Waals surface area contributed by atoms with E-state index in [9.17, 15) is 54.9 Å². The molecule has 0 aromatic rings. The Morgan fingerprint density at radius 3 is 2.09 bits per heavy atom. The number of piperidine rings is 1. The summed E-state index contributed by atoms with van der Waals surface area (Å²) in [6.07, 6.45) is -6.35. The second-order valence-electron chi connectivity index (χ2n) is 7.34. The molecular formula is C16H26N4O12. The average Bonchev–Trinajstić information content (AvgIpc) is 2.68. The molecule has 1 aliphatic heterocycles. The molecule has 0 saturated carbocycles. The summed E-state index contributed by atoms with van der Waals surface area (Å²) in [7, 11) is 0. The molecule has 2 unspecified atom stereocenters. The SMILES string of the molecule is CC(NC(N)=NCC(=O)N1C[C@H](O)[C@@H](O)[C@H](O)[C@H]1CO)(C(=O)O)C(O)(CC(=O)O)C(=O)O. The predicted molar refractivity (Wildman–Crippen MR) is 101 cm³/mol. The monoisotopic (exact) mass is 466 g/mol. The molecule has 16 nitrogen and oxygen atoms in total. The standard InChI is InChI=1S/C16H26N4O12/c1-15(12(28)29,16(32,13(30)31)2-9(24)25)19-14(17)18-3-8(23)20-4-7(22)11(27)10(26)6(20)5-21/h6-7,10-11,21-22,26-27,32H,2-5H2,1H3,(H,24,25)(H,28,29)(H,30,31)(H3,17,18,19)/t6-,7+,10-,11-,15?,16?/m1/s1. The molecule has 32 heavy (non-hydrogen) atoms. The summed E-state index contributed by atoms with van der Waals surface area (Å²) in [5.41, 5.74) is -0.769. The smallest absolute Gasteiger partial charge is 0.339 e. The third-order valence-electron chi connectivity index (χ3n) is 5.21. The van der Waals surface area contributed by atoms with Gasteiger partial charge < -0.3 is 56.8 Å². The van der Waals surface area contributed by atoms with Gasteiger partial charge in [0.25, 0.3) is 0 Å². The van der Waals surface area contributed by atoms with Gasteiger partial charge in [-0.05, 0) is 6.92 Å². The molecule has 0 bridgehead atoms. The second-order valence-corrected chi connectivity index (χ2v) is 7.34. The fraction of sp³-hybridized carbons (Fsp3) is 0.688. The van der Waals surface area contributed by atoms with Gasteiger partial charge in [0.15, 0.2) is 11.5 Å². The van der Waals surface area contributed by atoms with Crippen molar-refractivity contribution in [2.75, 3.05) is 19.7 Å². The van der Waals surface area contributed by atoms with Crippen molar-refractivity contribution in [1.82, 2.24) is 10.2 Å². The number of carboxylic acids is 3. The van der Waals surface area contributed by atoms with E-state index in [4.69, 9.17) is 10.8 Å². The van der Waals surface area contributed by atoms with Crippen LogP contribution in [0.4, 0.5) is 0 Å². The van der Waals surface area contributed by atoms with E-state index >= 15 is 0 Å². The Morgan fingerprint density at radius 1 is 1.09 bits per heavy atom. The van der Waals surface area contributed by atoms with Crippen molar-refractivity contribution >= 4 is 29.8 Å². The van der Waals surface area contributed by atoms with Crippen LogP contribution in [0.25, 0.3) is 0 Å². The van der Waals surface area contributed by atoms with E-state index in [1.54, 1.807) is 0 Å². The number of β-amino-alcohol motifs (C(OH)–C–C–N with tert-alkyl or cyclic N) is 1. The number of aliphatic imine (C=N–C) groups is 1. The lowest BCUT2D eigenvalue weighted by Crippen LogP contribution is -2.71. The number of carbonyl (C=O) groups excluding carboxylic acids is 1. The van der Waals surface area contributed by atoms with Gasteiger partial charge in [-0.3, -0.25) is 9.59 Å². The van der Waals surface area contributed by atoms with Gasteiger partial charge in [-0.1, -0.05) is 0 Å². The fourth-order valence-corrected chi connectivity index (χ4v) is 3.14. The lowest BCUT2D eigenvalue weighted by molar-refractivity contribution is -0.182. The minimum absolute atomic E-state index is 0.477. The molecule has 0 spiro atoms. The highest BCUT2D eigenvalue weighted by atomic mass is 16.4. The fourth-order valence-electron chi connectivity index (χ4n) is 3.14. The molecule has 1 rings (SSSR count). The van der Waals surface area contributed by atoms with Crippen LogP contribution in [-0.4, -0.2) is 131 Å². The van der Waals surface area contributed by atoms with Gasteiger partial charge in [-0.25, -0.2) is 14.6 Å². The topological polar surface area (TPSA) is 284 Å². The lowest BCUT2D eigenvalue weighted by atomic mass is 9.78. The third kappa shape index (κ3) is 5.22. The predicted octanol–water partition coefficient (Wildman–Crippen LogP) is -5.69. The Hall–Kier alpha value is -3.05. The van der Waals surface area contributed by atoms with E-state index in [0.717, 1.165) is 4.90 Å². The molecule has 0 aromatic carbocycles. The molecule has 182 valence electrons. The Balaban J connectivity index is 3.10. The number of likely N-dealkylation sites (tertiary alicyclic amines) is 1. The maximum absolute atomic E-state index is 12.4. The molecule has 16 heteroatoms. The zero-order valence-electron chi connectivity index (χ0n) is 16.8. The summed E-state index contributed by atoms with van der Waals surface area (Å²) < 4.78 is 0. The van der Waals surface area contributed by atoms with E-state index in [-0.39, 0.29) is 0 Å². The average molecular weight is 466 g/mol. The largest absolute Gasteiger partial charge is 0.481 e. The van der Waals surface area contributed by atoms with Crippen LogP contribution in [0, 0.1) is 0 Å². The van der Waals surface area contributed by atoms with Crippen molar-refractivity contribution in [2.45, 2.75) is 48.8 Å². The summed E-state index contributed by atoms with van der Waals surface area (Å²) in [5, 5.41) is 78.4. The summed E-state index contributed by atoms with van der Waals surface area (Å²) in [6, 6.07) is -1.29. The van der Waals surface area contributed by atoms with E-state index in [1.165, 1.54) is 0 Å². The Kier molecular flexibility index (Phi) is 8.47. The molecule has 1 saturated heterocycles. The molecule has 1 aliphatic rings. The number of nitrogens with zero attached hydrogens (tertiary/aromatic N) is 2. The van der Waals surface area contributed by atoms with Crippen LogP contribution in [0.1, 0.15) is 13.3 Å². The van der Waals surface area contributed by atoms with E-state index in [2.05, 4.69) is 4.99 Å². The first-order chi connectivity index (χ1) is 14.6. The van der Waals surface area contributed by atoms with Gasteiger partial charge in [0, 0.05) is 6.54 Å². The number of nitrogens with one attached hydrogen (secondary N) is 1. The number of aliphatic carboxylic acids is 3. The zero-order chi connectivity index (χ0) is 25.0. The Labute approximate surface area is 180 Å². The normalized spacial score (nSPS) is 27.7. The van der Waals surface area contributed by atoms with E-state index in [1.807, 2.05) is 5.32 Å². The van der Waals surface area contributed by atoms with Gasteiger partial charge in [-0.2, -0.15) is 0 Å². The van der Waals surface area contributed by atoms with Crippen LogP contribution in [0.3, 0.4) is 0 Å². The van der Waals surface area contributed by atoms with Crippen LogP contribution < -0.4 is 11.1 Å². The number of aliphatic hydroxyl groups is 5. The number of hydrogen-bond donors (Lipinski definition) is 10. The summed E-state index contributed by atoms with van der Waals surface area (Å²) in [6.45, 7) is -1.44.